The van der Waals surface area contributed by atoms with Crippen molar-refractivity contribution in [3.63, 3.8) is 0 Å². The zero-order chi connectivity index (χ0) is 25.2. The molecule has 0 saturated carbocycles. The van der Waals surface area contributed by atoms with Crippen LogP contribution in [0.1, 0.15) is 34.8 Å². The number of anilines is 1. The van der Waals surface area contributed by atoms with Gasteiger partial charge in [-0.25, -0.2) is 0 Å². The third-order valence-corrected chi connectivity index (χ3v) is 6.92. The van der Waals surface area contributed by atoms with E-state index in [-0.39, 0.29) is 12.1 Å². The normalized spacial score (nSPS) is 17.1. The van der Waals surface area contributed by atoms with Crippen LogP contribution in [0.3, 0.4) is 0 Å². The highest BCUT2D eigenvalue weighted by Gasteiger charge is 2.42. The predicted molar refractivity (Wildman–Crippen MR) is 148 cm³/mol. The lowest BCUT2D eigenvalue weighted by atomic mass is 10.0. The number of aromatic nitrogens is 2. The Labute approximate surface area is 221 Å². The van der Waals surface area contributed by atoms with Crippen molar-refractivity contribution in [1.82, 2.24) is 14.9 Å². The molecule has 1 aliphatic heterocycles. The lowest BCUT2D eigenvalue weighted by Crippen LogP contribution is -2.30. The number of rotatable bonds is 7. The maximum atomic E-state index is 6.13. The van der Waals surface area contributed by atoms with Gasteiger partial charge in [-0.3, -0.25) is 4.98 Å². The van der Waals surface area contributed by atoms with Crippen LogP contribution in [0.5, 0.6) is 11.5 Å². The van der Waals surface area contributed by atoms with Gasteiger partial charge in [-0.15, -0.1) is 0 Å². The van der Waals surface area contributed by atoms with Crippen LogP contribution in [-0.2, 0) is 6.54 Å². The highest BCUT2D eigenvalue weighted by molar-refractivity contribution is 7.80. The molecule has 0 unspecified atom stereocenters. The molecular weight excluding hydrogens is 480 g/mol. The number of furan rings is 1. The molecule has 37 heavy (non-hydrogen) atoms. The minimum Gasteiger partial charge on any atom is -0.467 e. The van der Waals surface area contributed by atoms with E-state index in [4.69, 9.17) is 21.4 Å². The molecule has 3 aromatic heterocycles. The first-order chi connectivity index (χ1) is 18.2. The Hall–Kier alpha value is -4.36. The monoisotopic (exact) mass is 506 g/mol. The summed E-state index contributed by atoms with van der Waals surface area (Å²) in [5, 5.41) is 4.18. The number of hydrogen-bond acceptors (Lipinski definition) is 4. The number of nitrogens with zero attached hydrogens (tertiary/aromatic N) is 3. The van der Waals surface area contributed by atoms with Gasteiger partial charge >= 0.3 is 0 Å². The summed E-state index contributed by atoms with van der Waals surface area (Å²) in [7, 11) is 0. The molecule has 1 fully saturated rings. The molecule has 0 bridgehead atoms. The third-order valence-electron chi connectivity index (χ3n) is 6.61. The Balaban J connectivity index is 1.36. The van der Waals surface area contributed by atoms with Gasteiger partial charge in [-0.2, -0.15) is 0 Å². The smallest absolute Gasteiger partial charge is 0.174 e. The Bertz CT molecular complexity index is 1500. The standard InChI is InChI=1S/C30H26N4O2S/c1-21-8-2-3-12-27(21)36-23-15-13-22(14-16-23)34-29(28(32-30(34)37)25-10-4-5-17-31-25)26-11-6-18-33(26)20-24-9-7-19-35-24/h2-19,28-29H,20H2,1H3,(H,32,37)/t28-,29+/m1/s1. The molecule has 1 N–H and O–H groups in total. The molecular formula is C30H26N4O2S. The molecule has 6 nitrogen and oxygen atoms in total. The number of para-hydroxylation sites is 1. The van der Waals surface area contributed by atoms with Gasteiger partial charge in [0, 0.05) is 23.8 Å². The number of aryl methyl sites for hydroxylation is 1. The average molecular weight is 507 g/mol. The summed E-state index contributed by atoms with van der Waals surface area (Å²) >= 11 is 5.89. The van der Waals surface area contributed by atoms with Crippen molar-refractivity contribution in [2.75, 3.05) is 4.90 Å². The van der Waals surface area contributed by atoms with Crippen LogP contribution in [0.2, 0.25) is 0 Å². The SMILES string of the molecule is Cc1ccccc1Oc1ccc(N2C(=S)N[C@H](c3ccccn3)[C@@H]2c2cccn2Cc2ccco2)cc1. The summed E-state index contributed by atoms with van der Waals surface area (Å²) in [4.78, 5) is 6.83. The molecule has 0 radical (unpaired) electrons. The Morgan fingerprint density at radius 3 is 2.54 bits per heavy atom. The summed E-state index contributed by atoms with van der Waals surface area (Å²) < 4.78 is 14.0. The van der Waals surface area contributed by atoms with Crippen LogP contribution in [0, 0.1) is 6.92 Å². The number of hydrogen-bond donors (Lipinski definition) is 1. The zero-order valence-electron chi connectivity index (χ0n) is 20.3. The lowest BCUT2D eigenvalue weighted by Gasteiger charge is -2.29. The minimum atomic E-state index is -0.123. The second kappa shape index (κ2) is 9.95. The van der Waals surface area contributed by atoms with Crippen molar-refractivity contribution in [2.24, 2.45) is 0 Å². The van der Waals surface area contributed by atoms with Gasteiger partial charge < -0.3 is 23.9 Å². The number of nitrogens with one attached hydrogen (secondary N) is 1. The third kappa shape index (κ3) is 4.61. The fourth-order valence-electron chi connectivity index (χ4n) is 4.82. The second-order valence-corrected chi connectivity index (χ2v) is 9.39. The summed E-state index contributed by atoms with van der Waals surface area (Å²) in [5.74, 6) is 2.51. The van der Waals surface area contributed by atoms with E-state index in [0.29, 0.717) is 11.7 Å². The highest BCUT2D eigenvalue weighted by atomic mass is 32.1. The molecule has 0 spiro atoms. The van der Waals surface area contributed by atoms with Crippen LogP contribution in [0.25, 0.3) is 0 Å². The molecule has 6 rings (SSSR count). The van der Waals surface area contributed by atoms with Crippen LogP contribution in [0.4, 0.5) is 5.69 Å². The maximum absolute atomic E-state index is 6.13. The van der Waals surface area contributed by atoms with Gasteiger partial charge in [-0.05, 0) is 91.4 Å². The van der Waals surface area contributed by atoms with Crippen molar-refractivity contribution in [3.05, 3.63) is 132 Å². The van der Waals surface area contributed by atoms with E-state index in [1.165, 1.54) is 0 Å². The van der Waals surface area contributed by atoms with Crippen LogP contribution in [-0.4, -0.2) is 14.7 Å². The number of benzene rings is 2. The molecule has 0 amide bonds. The molecule has 0 aliphatic carbocycles. The summed E-state index contributed by atoms with van der Waals surface area (Å²) in [5.41, 5.74) is 4.11. The lowest BCUT2D eigenvalue weighted by molar-refractivity contribution is 0.474. The molecule has 2 aromatic carbocycles. The van der Waals surface area contributed by atoms with Gasteiger partial charge in [0.2, 0.25) is 0 Å². The van der Waals surface area contributed by atoms with Gasteiger partial charge in [0.1, 0.15) is 23.3 Å². The molecule has 7 heteroatoms. The van der Waals surface area contributed by atoms with Gasteiger partial charge in [0.25, 0.3) is 0 Å². The summed E-state index contributed by atoms with van der Waals surface area (Å²) in [6, 6.07) is 29.9. The Morgan fingerprint density at radius 1 is 0.946 bits per heavy atom. The Kier molecular flexibility index (Phi) is 6.20. The van der Waals surface area contributed by atoms with E-state index >= 15 is 0 Å². The van der Waals surface area contributed by atoms with Crippen molar-refractivity contribution in [3.8, 4) is 11.5 Å². The topological polar surface area (TPSA) is 55.5 Å². The number of ether oxygens (including phenoxy) is 1. The van der Waals surface area contributed by atoms with E-state index in [1.807, 2.05) is 79.9 Å². The van der Waals surface area contributed by atoms with Crippen LogP contribution < -0.4 is 15.0 Å². The Morgan fingerprint density at radius 2 is 1.78 bits per heavy atom. The van der Waals surface area contributed by atoms with Crippen molar-refractivity contribution in [2.45, 2.75) is 25.6 Å². The fourth-order valence-corrected chi connectivity index (χ4v) is 5.16. The van der Waals surface area contributed by atoms with Crippen molar-refractivity contribution >= 4 is 23.0 Å². The van der Waals surface area contributed by atoms with Crippen LogP contribution in [0.15, 0.2) is 114 Å². The predicted octanol–water partition coefficient (Wildman–Crippen LogP) is 6.80. The summed E-state index contributed by atoms with van der Waals surface area (Å²) in [6.07, 6.45) is 5.60. The molecule has 1 aliphatic rings. The number of thiocarbonyl (C=S) groups is 1. The quantitative estimate of drug-likeness (QED) is 0.245. The number of pyridine rings is 1. The van der Waals surface area contributed by atoms with E-state index in [9.17, 15) is 0 Å². The first-order valence-electron chi connectivity index (χ1n) is 12.2. The van der Waals surface area contributed by atoms with E-state index in [0.717, 1.165) is 39.9 Å². The zero-order valence-corrected chi connectivity index (χ0v) is 21.1. The summed E-state index contributed by atoms with van der Waals surface area (Å²) in [6.45, 7) is 2.67. The molecule has 184 valence electrons. The second-order valence-electron chi connectivity index (χ2n) is 9.00. The van der Waals surface area contributed by atoms with Crippen molar-refractivity contribution < 1.29 is 9.15 Å². The largest absolute Gasteiger partial charge is 0.467 e. The van der Waals surface area contributed by atoms with Gasteiger partial charge in [0.05, 0.1) is 24.5 Å². The van der Waals surface area contributed by atoms with Crippen molar-refractivity contribution in [1.29, 1.82) is 0 Å². The molecule has 2 atom stereocenters. The van der Waals surface area contributed by atoms with E-state index in [1.54, 1.807) is 6.26 Å². The molecule has 4 heterocycles. The van der Waals surface area contributed by atoms with Crippen LogP contribution >= 0.6 is 12.2 Å². The highest BCUT2D eigenvalue weighted by Crippen LogP contribution is 2.42. The minimum absolute atomic E-state index is 0.115. The molecule has 1 saturated heterocycles. The maximum Gasteiger partial charge on any atom is 0.174 e. The van der Waals surface area contributed by atoms with Gasteiger partial charge in [0.15, 0.2) is 5.11 Å². The fraction of sp³-hybridized carbons (Fsp3) is 0.133. The first kappa shape index (κ1) is 23.1. The average Bonchev–Trinajstić information content (AvgIpc) is 3.67. The molecule has 5 aromatic rings. The van der Waals surface area contributed by atoms with Gasteiger partial charge in [-0.1, -0.05) is 24.3 Å². The van der Waals surface area contributed by atoms with E-state index in [2.05, 4.69) is 50.2 Å². The first-order valence-corrected chi connectivity index (χ1v) is 12.6. The van der Waals surface area contributed by atoms with E-state index < -0.39 is 0 Å².